The number of morpholine rings is 1. The summed E-state index contributed by atoms with van der Waals surface area (Å²) in [7, 11) is 0. The van der Waals surface area contributed by atoms with Crippen LogP contribution in [0, 0.1) is 0 Å². The summed E-state index contributed by atoms with van der Waals surface area (Å²) in [4.78, 5) is 19.2. The molecule has 1 saturated heterocycles. The molecule has 2 N–H and O–H groups in total. The Balaban J connectivity index is 1.69. The van der Waals surface area contributed by atoms with Crippen LogP contribution in [0.3, 0.4) is 0 Å². The highest BCUT2D eigenvalue weighted by atomic mass is 16.5. The van der Waals surface area contributed by atoms with Crippen molar-refractivity contribution in [3.05, 3.63) is 36.2 Å². The van der Waals surface area contributed by atoms with Crippen LogP contribution in [0.2, 0.25) is 0 Å². The molecule has 0 unspecified atom stereocenters. The van der Waals surface area contributed by atoms with Crippen LogP contribution in [0.1, 0.15) is 19.0 Å². The highest BCUT2D eigenvalue weighted by Gasteiger charge is 2.23. The van der Waals surface area contributed by atoms with Gasteiger partial charge in [0, 0.05) is 18.4 Å². The third-order valence-electron chi connectivity index (χ3n) is 4.56. The van der Waals surface area contributed by atoms with Crippen molar-refractivity contribution in [3.63, 3.8) is 0 Å². The zero-order valence-electron chi connectivity index (χ0n) is 14.1. The van der Waals surface area contributed by atoms with Crippen LogP contribution in [-0.2, 0) is 11.3 Å². The predicted molar refractivity (Wildman–Crippen MR) is 95.3 cm³/mol. The fourth-order valence-electron chi connectivity index (χ4n) is 3.20. The molecule has 25 heavy (non-hydrogen) atoms. The number of nitrogens with zero attached hydrogens (tertiary/aromatic N) is 4. The van der Waals surface area contributed by atoms with Gasteiger partial charge in [-0.15, -0.1) is 0 Å². The molecule has 1 aliphatic rings. The third-order valence-corrected chi connectivity index (χ3v) is 4.56. The van der Waals surface area contributed by atoms with Crippen LogP contribution < -0.4 is 4.90 Å². The van der Waals surface area contributed by atoms with E-state index >= 15 is 0 Å². The lowest BCUT2D eigenvalue weighted by Crippen LogP contribution is -2.45. The minimum absolute atomic E-state index is 0.0346. The average molecular weight is 339 g/mol. The minimum atomic E-state index is -0.0346. The predicted octanol–water partition coefficient (Wildman–Crippen LogP) is 2.13. The van der Waals surface area contributed by atoms with E-state index in [-0.39, 0.29) is 6.61 Å². The first kappa shape index (κ1) is 16.0. The number of aliphatic hydroxyl groups is 1. The molecule has 1 aliphatic heterocycles. The Bertz CT molecular complexity index is 879. The van der Waals surface area contributed by atoms with Crippen LogP contribution in [-0.4, -0.2) is 50.8 Å². The Kier molecular flexibility index (Phi) is 4.33. The van der Waals surface area contributed by atoms with Crippen molar-refractivity contribution in [1.82, 2.24) is 19.9 Å². The largest absolute Gasteiger partial charge is 0.390 e. The molecular weight excluding hydrogens is 318 g/mol. The van der Waals surface area contributed by atoms with Crippen LogP contribution in [0.4, 0.5) is 5.82 Å². The van der Waals surface area contributed by atoms with Gasteiger partial charge in [0.2, 0.25) is 0 Å². The monoisotopic (exact) mass is 339 g/mol. The number of fused-ring (bicyclic) bond motifs is 1. The van der Waals surface area contributed by atoms with Crippen molar-refractivity contribution in [2.75, 3.05) is 24.7 Å². The number of aliphatic hydroxyl groups excluding tert-OH is 1. The third kappa shape index (κ3) is 3.08. The number of aromatic amines is 1. The van der Waals surface area contributed by atoms with Gasteiger partial charge in [-0.1, -0.05) is 6.92 Å². The van der Waals surface area contributed by atoms with Gasteiger partial charge in [-0.3, -0.25) is 0 Å². The summed E-state index contributed by atoms with van der Waals surface area (Å²) < 4.78 is 5.58. The topological polar surface area (TPSA) is 87.2 Å². The van der Waals surface area contributed by atoms with E-state index in [4.69, 9.17) is 9.72 Å². The molecule has 0 bridgehead atoms. The Morgan fingerprint density at radius 3 is 3.08 bits per heavy atom. The number of pyridine rings is 1. The van der Waals surface area contributed by atoms with Crippen LogP contribution in [0.5, 0.6) is 0 Å². The Morgan fingerprint density at radius 2 is 2.24 bits per heavy atom. The number of nitrogens with one attached hydrogen (secondary N) is 1. The molecule has 0 radical (unpaired) electrons. The van der Waals surface area contributed by atoms with Gasteiger partial charge in [-0.25, -0.2) is 15.0 Å². The summed E-state index contributed by atoms with van der Waals surface area (Å²) in [5, 5.41) is 9.25. The van der Waals surface area contributed by atoms with E-state index in [1.807, 2.05) is 24.3 Å². The number of hydrogen-bond acceptors (Lipinski definition) is 6. The summed E-state index contributed by atoms with van der Waals surface area (Å²) in [5.74, 6) is 1.51. The van der Waals surface area contributed by atoms with Gasteiger partial charge in [-0.2, -0.15) is 0 Å². The summed E-state index contributed by atoms with van der Waals surface area (Å²) in [6, 6.07) is 7.96. The minimum Gasteiger partial charge on any atom is -0.390 e. The van der Waals surface area contributed by atoms with E-state index in [1.165, 1.54) is 0 Å². The number of H-pyrrole nitrogens is 1. The number of rotatable bonds is 4. The molecule has 7 heteroatoms. The van der Waals surface area contributed by atoms with E-state index in [9.17, 15) is 5.11 Å². The van der Waals surface area contributed by atoms with Gasteiger partial charge in [0.15, 0.2) is 5.82 Å². The molecule has 4 rings (SSSR count). The normalized spacial score (nSPS) is 18.0. The van der Waals surface area contributed by atoms with Crippen molar-refractivity contribution in [2.24, 2.45) is 0 Å². The lowest BCUT2D eigenvalue weighted by molar-refractivity contribution is 0.0925. The lowest BCUT2D eigenvalue weighted by atomic mass is 10.2. The standard InChI is InChI=1S/C18H21N5O2/c1-2-13-11-25-8-7-23(13)17-5-6-19-18(22-17)15-4-3-14-16(21-15)9-12(10-24)20-14/h3-6,9,13,20,24H,2,7-8,10-11H2,1H3/t13-/m0/s1. The Hall–Kier alpha value is -2.51. The van der Waals surface area contributed by atoms with Gasteiger partial charge in [-0.05, 0) is 30.7 Å². The van der Waals surface area contributed by atoms with E-state index in [0.717, 1.165) is 47.8 Å². The fourth-order valence-corrected chi connectivity index (χ4v) is 3.20. The van der Waals surface area contributed by atoms with Gasteiger partial charge in [0.05, 0.1) is 36.9 Å². The molecular formula is C18H21N5O2. The van der Waals surface area contributed by atoms with Crippen molar-refractivity contribution >= 4 is 16.9 Å². The summed E-state index contributed by atoms with van der Waals surface area (Å²) in [6.45, 7) is 4.40. The molecule has 0 aliphatic carbocycles. The van der Waals surface area contributed by atoms with Crippen molar-refractivity contribution in [3.8, 4) is 11.5 Å². The van der Waals surface area contributed by atoms with Gasteiger partial charge >= 0.3 is 0 Å². The number of ether oxygens (including phenoxy) is 1. The van der Waals surface area contributed by atoms with Crippen molar-refractivity contribution in [1.29, 1.82) is 0 Å². The molecule has 1 atom stereocenters. The molecule has 7 nitrogen and oxygen atoms in total. The number of hydrogen-bond donors (Lipinski definition) is 2. The fraction of sp³-hybridized carbons (Fsp3) is 0.389. The van der Waals surface area contributed by atoms with Gasteiger partial charge < -0.3 is 19.7 Å². The van der Waals surface area contributed by atoms with E-state index in [2.05, 4.69) is 26.8 Å². The number of anilines is 1. The average Bonchev–Trinajstić information content (AvgIpc) is 3.10. The second kappa shape index (κ2) is 6.78. The number of aromatic nitrogens is 4. The molecule has 0 aromatic carbocycles. The quantitative estimate of drug-likeness (QED) is 0.757. The lowest BCUT2D eigenvalue weighted by Gasteiger charge is -2.36. The maximum Gasteiger partial charge on any atom is 0.180 e. The van der Waals surface area contributed by atoms with Crippen LogP contribution in [0.25, 0.3) is 22.6 Å². The SMILES string of the molecule is CC[C@H]1COCCN1c1ccnc(-c2ccc3[nH]c(CO)cc3n2)n1. The highest BCUT2D eigenvalue weighted by molar-refractivity contribution is 5.78. The zero-order chi connectivity index (χ0) is 17.2. The maximum atomic E-state index is 9.25. The first-order valence-corrected chi connectivity index (χ1v) is 8.56. The highest BCUT2D eigenvalue weighted by Crippen LogP contribution is 2.23. The smallest absolute Gasteiger partial charge is 0.180 e. The van der Waals surface area contributed by atoms with Crippen LogP contribution >= 0.6 is 0 Å². The first-order chi connectivity index (χ1) is 12.3. The molecule has 0 spiro atoms. The summed E-state index contributed by atoms with van der Waals surface area (Å²) >= 11 is 0. The van der Waals surface area contributed by atoms with E-state index in [0.29, 0.717) is 18.5 Å². The van der Waals surface area contributed by atoms with Crippen LogP contribution in [0.15, 0.2) is 30.5 Å². The molecule has 4 heterocycles. The van der Waals surface area contributed by atoms with Crippen molar-refractivity contribution in [2.45, 2.75) is 26.0 Å². The first-order valence-electron chi connectivity index (χ1n) is 8.56. The second-order valence-electron chi connectivity index (χ2n) is 6.15. The molecule has 0 amide bonds. The molecule has 0 saturated carbocycles. The molecule has 130 valence electrons. The van der Waals surface area contributed by atoms with E-state index in [1.54, 1.807) is 6.20 Å². The van der Waals surface area contributed by atoms with Gasteiger partial charge in [0.1, 0.15) is 11.5 Å². The molecule has 1 fully saturated rings. The molecule has 3 aromatic rings. The van der Waals surface area contributed by atoms with Gasteiger partial charge in [0.25, 0.3) is 0 Å². The molecule has 3 aromatic heterocycles. The Morgan fingerprint density at radius 1 is 1.32 bits per heavy atom. The zero-order valence-corrected chi connectivity index (χ0v) is 14.1. The Labute approximate surface area is 145 Å². The summed E-state index contributed by atoms with van der Waals surface area (Å²) in [6.07, 6.45) is 2.79. The maximum absolute atomic E-state index is 9.25. The van der Waals surface area contributed by atoms with E-state index < -0.39 is 0 Å². The van der Waals surface area contributed by atoms with Crippen molar-refractivity contribution < 1.29 is 9.84 Å². The summed E-state index contributed by atoms with van der Waals surface area (Å²) in [5.41, 5.74) is 3.16. The second-order valence-corrected chi connectivity index (χ2v) is 6.15.